The Morgan fingerprint density at radius 3 is 1.62 bits per heavy atom. The maximum absolute atomic E-state index is 5.77. The Morgan fingerprint density at radius 1 is 0.625 bits per heavy atom. The molecule has 0 N–H and O–H groups in total. The molecule has 0 amide bonds. The molecule has 120 valence electrons. The Labute approximate surface area is 142 Å². The van der Waals surface area contributed by atoms with Gasteiger partial charge in [0.15, 0.2) is 0 Å². The van der Waals surface area contributed by atoms with E-state index in [4.69, 9.17) is 4.74 Å². The molecule has 3 nitrogen and oxygen atoms in total. The summed E-state index contributed by atoms with van der Waals surface area (Å²) in [5.41, 5.74) is 5.23. The van der Waals surface area contributed by atoms with Crippen molar-refractivity contribution in [2.45, 2.75) is 20.5 Å². The van der Waals surface area contributed by atoms with E-state index < -0.39 is 0 Å². The summed E-state index contributed by atoms with van der Waals surface area (Å²) in [5.74, 6) is 0.878. The summed E-state index contributed by atoms with van der Waals surface area (Å²) in [6.45, 7) is 4.66. The molecule has 0 saturated heterocycles. The summed E-state index contributed by atoms with van der Waals surface area (Å²) in [5, 5.41) is 8.50. The van der Waals surface area contributed by atoms with Crippen molar-refractivity contribution < 1.29 is 4.74 Å². The molecule has 0 aliphatic rings. The van der Waals surface area contributed by atoms with E-state index in [1.807, 2.05) is 72.8 Å². The summed E-state index contributed by atoms with van der Waals surface area (Å²) in [6.07, 6.45) is 0. The lowest BCUT2D eigenvalue weighted by molar-refractivity contribution is 0.306. The van der Waals surface area contributed by atoms with Gasteiger partial charge in [0.1, 0.15) is 12.4 Å². The van der Waals surface area contributed by atoms with Crippen LogP contribution in [0, 0.1) is 13.8 Å². The van der Waals surface area contributed by atoms with Crippen LogP contribution in [0.2, 0.25) is 0 Å². The first kappa shape index (κ1) is 15.9. The predicted octanol–water partition coefficient (Wildman–Crippen LogP) is 6.30. The fourth-order valence-electron chi connectivity index (χ4n) is 2.19. The molecule has 0 aromatic heterocycles. The van der Waals surface area contributed by atoms with Gasteiger partial charge in [-0.3, -0.25) is 0 Å². The van der Waals surface area contributed by atoms with Crippen LogP contribution >= 0.6 is 0 Å². The van der Waals surface area contributed by atoms with E-state index in [0.29, 0.717) is 6.61 Å². The number of benzene rings is 3. The van der Waals surface area contributed by atoms with Crippen molar-refractivity contribution in [3.05, 3.63) is 89.5 Å². The van der Waals surface area contributed by atoms with Gasteiger partial charge in [0, 0.05) is 0 Å². The number of ether oxygens (including phenoxy) is 1. The highest BCUT2D eigenvalue weighted by atomic mass is 16.5. The monoisotopic (exact) mass is 316 g/mol. The Morgan fingerprint density at radius 2 is 1.08 bits per heavy atom. The summed E-state index contributed by atoms with van der Waals surface area (Å²) in [6, 6.07) is 24.0. The van der Waals surface area contributed by atoms with Gasteiger partial charge in [-0.15, -0.1) is 0 Å². The normalized spacial score (nSPS) is 10.9. The van der Waals surface area contributed by atoms with Gasteiger partial charge in [-0.25, -0.2) is 0 Å². The lowest BCUT2D eigenvalue weighted by atomic mass is 10.2. The Kier molecular flexibility index (Phi) is 5.02. The maximum atomic E-state index is 5.77. The maximum Gasteiger partial charge on any atom is 0.119 e. The van der Waals surface area contributed by atoms with Crippen molar-refractivity contribution in [2.24, 2.45) is 10.2 Å². The molecule has 3 aromatic carbocycles. The Bertz CT molecular complexity index is 804. The highest BCUT2D eigenvalue weighted by Crippen LogP contribution is 2.20. The molecule has 24 heavy (non-hydrogen) atoms. The first-order valence-electron chi connectivity index (χ1n) is 7.96. The smallest absolute Gasteiger partial charge is 0.119 e. The lowest BCUT2D eigenvalue weighted by Gasteiger charge is -2.06. The van der Waals surface area contributed by atoms with Crippen LogP contribution in [0.4, 0.5) is 11.4 Å². The summed E-state index contributed by atoms with van der Waals surface area (Å²) < 4.78 is 5.77. The second kappa shape index (κ2) is 7.55. The average molecular weight is 316 g/mol. The van der Waals surface area contributed by atoms with Gasteiger partial charge in [-0.1, -0.05) is 47.5 Å². The van der Waals surface area contributed by atoms with Crippen LogP contribution < -0.4 is 4.74 Å². The van der Waals surface area contributed by atoms with E-state index in [2.05, 4.69) is 24.1 Å². The topological polar surface area (TPSA) is 34.0 Å². The molecule has 0 bridgehead atoms. The minimum Gasteiger partial charge on any atom is -0.489 e. The van der Waals surface area contributed by atoms with Crippen LogP contribution in [0.15, 0.2) is 83.0 Å². The summed E-state index contributed by atoms with van der Waals surface area (Å²) in [4.78, 5) is 0. The zero-order valence-electron chi connectivity index (χ0n) is 13.9. The minimum atomic E-state index is 0.540. The fraction of sp³-hybridized carbons (Fsp3) is 0.143. The molecule has 0 spiro atoms. The third-order valence-corrected chi connectivity index (χ3v) is 3.68. The van der Waals surface area contributed by atoms with Gasteiger partial charge in [0.05, 0.1) is 11.4 Å². The van der Waals surface area contributed by atoms with E-state index >= 15 is 0 Å². The molecule has 0 aliphatic carbocycles. The van der Waals surface area contributed by atoms with Crippen molar-refractivity contribution in [1.29, 1.82) is 0 Å². The van der Waals surface area contributed by atoms with Gasteiger partial charge >= 0.3 is 0 Å². The average Bonchev–Trinajstić information content (AvgIpc) is 2.62. The predicted molar refractivity (Wildman–Crippen MR) is 97.3 cm³/mol. The number of rotatable bonds is 5. The van der Waals surface area contributed by atoms with Gasteiger partial charge in [-0.2, -0.15) is 10.2 Å². The molecule has 3 aromatic rings. The van der Waals surface area contributed by atoms with Crippen molar-refractivity contribution in [1.82, 2.24) is 0 Å². The minimum absolute atomic E-state index is 0.540. The van der Waals surface area contributed by atoms with E-state index in [-0.39, 0.29) is 0 Å². The molecule has 0 fully saturated rings. The molecule has 0 saturated carbocycles. The van der Waals surface area contributed by atoms with Crippen molar-refractivity contribution in [3.8, 4) is 5.75 Å². The van der Waals surface area contributed by atoms with Gasteiger partial charge < -0.3 is 4.74 Å². The second-order valence-corrected chi connectivity index (χ2v) is 5.80. The van der Waals surface area contributed by atoms with Crippen LogP contribution in [0.25, 0.3) is 0 Å². The fourth-order valence-corrected chi connectivity index (χ4v) is 2.19. The van der Waals surface area contributed by atoms with Crippen LogP contribution in [0.5, 0.6) is 5.75 Å². The van der Waals surface area contributed by atoms with E-state index in [1.165, 1.54) is 11.1 Å². The zero-order valence-corrected chi connectivity index (χ0v) is 13.9. The first-order chi connectivity index (χ1) is 11.7. The van der Waals surface area contributed by atoms with E-state index in [0.717, 1.165) is 22.7 Å². The number of hydrogen-bond donors (Lipinski definition) is 0. The largest absolute Gasteiger partial charge is 0.489 e. The standard InChI is InChI=1S/C21H20N2O/c1-16-3-9-19(10-4-16)22-23-20-11-7-18(8-12-20)15-24-21-13-5-17(2)6-14-21/h3-14H,15H2,1-2H3. The molecule has 3 rings (SSSR count). The summed E-state index contributed by atoms with van der Waals surface area (Å²) >= 11 is 0. The molecule has 0 radical (unpaired) electrons. The highest BCUT2D eigenvalue weighted by Gasteiger charge is 1.97. The third kappa shape index (κ3) is 4.53. The van der Waals surface area contributed by atoms with Gasteiger partial charge in [-0.05, 0) is 55.8 Å². The van der Waals surface area contributed by atoms with E-state index in [9.17, 15) is 0 Å². The van der Waals surface area contributed by atoms with Crippen molar-refractivity contribution >= 4 is 11.4 Å². The van der Waals surface area contributed by atoms with Crippen LogP contribution in [0.3, 0.4) is 0 Å². The van der Waals surface area contributed by atoms with Crippen molar-refractivity contribution in [2.75, 3.05) is 0 Å². The third-order valence-electron chi connectivity index (χ3n) is 3.68. The second-order valence-electron chi connectivity index (χ2n) is 5.80. The van der Waals surface area contributed by atoms with Crippen LogP contribution in [-0.2, 0) is 6.61 Å². The Hall–Kier alpha value is -2.94. The molecular weight excluding hydrogens is 296 g/mol. The molecule has 0 unspecified atom stereocenters. The number of aryl methyl sites for hydroxylation is 2. The molecule has 3 heteroatoms. The van der Waals surface area contributed by atoms with Crippen LogP contribution in [-0.4, -0.2) is 0 Å². The molecule has 0 atom stereocenters. The SMILES string of the molecule is Cc1ccc(N=Nc2ccc(COc3ccc(C)cc3)cc2)cc1. The first-order valence-corrected chi connectivity index (χ1v) is 7.96. The molecular formula is C21H20N2O. The lowest BCUT2D eigenvalue weighted by Crippen LogP contribution is -1.94. The number of nitrogens with zero attached hydrogens (tertiary/aromatic N) is 2. The zero-order chi connectivity index (χ0) is 16.8. The molecule has 0 aliphatic heterocycles. The Balaban J connectivity index is 1.58. The van der Waals surface area contributed by atoms with Gasteiger partial charge in [0.25, 0.3) is 0 Å². The summed E-state index contributed by atoms with van der Waals surface area (Å²) in [7, 11) is 0. The van der Waals surface area contributed by atoms with Gasteiger partial charge in [0.2, 0.25) is 0 Å². The van der Waals surface area contributed by atoms with E-state index in [1.54, 1.807) is 0 Å². The highest BCUT2D eigenvalue weighted by molar-refractivity contribution is 5.42. The van der Waals surface area contributed by atoms with Crippen LogP contribution in [0.1, 0.15) is 16.7 Å². The number of azo groups is 1. The van der Waals surface area contributed by atoms with Crippen molar-refractivity contribution in [3.63, 3.8) is 0 Å². The quantitative estimate of drug-likeness (QED) is 0.509. The number of hydrogen-bond acceptors (Lipinski definition) is 3. The molecule has 0 heterocycles.